The van der Waals surface area contributed by atoms with Crippen LogP contribution in [0.2, 0.25) is 0 Å². The normalized spacial score (nSPS) is 19.4. The maximum atomic E-state index is 13.0. The van der Waals surface area contributed by atoms with Gasteiger partial charge < -0.3 is 15.0 Å². The van der Waals surface area contributed by atoms with E-state index in [1.54, 1.807) is 16.7 Å². The van der Waals surface area contributed by atoms with E-state index in [9.17, 15) is 9.59 Å². The monoisotopic (exact) mass is 383 g/mol. The van der Waals surface area contributed by atoms with Gasteiger partial charge in [0.2, 0.25) is 5.91 Å². The molecule has 0 spiro atoms. The van der Waals surface area contributed by atoms with E-state index in [2.05, 4.69) is 15.6 Å². The van der Waals surface area contributed by atoms with Crippen LogP contribution in [0.5, 0.6) is 5.75 Å². The summed E-state index contributed by atoms with van der Waals surface area (Å²) in [5, 5.41) is 11.3. The van der Waals surface area contributed by atoms with Crippen LogP contribution in [0.1, 0.15) is 41.9 Å². The number of hydrogen-bond acceptors (Lipinski definition) is 5. The molecule has 1 N–H and O–H groups in total. The summed E-state index contributed by atoms with van der Waals surface area (Å²) in [6.45, 7) is 2.90. The molecule has 8 nitrogen and oxygen atoms in total. The third-order valence-electron chi connectivity index (χ3n) is 5.40. The molecule has 1 aromatic carbocycles. The second-order valence-corrected chi connectivity index (χ2v) is 7.51. The minimum atomic E-state index is -0.171. The van der Waals surface area contributed by atoms with Crippen molar-refractivity contribution >= 4 is 11.8 Å². The Bertz CT molecular complexity index is 890. The van der Waals surface area contributed by atoms with Crippen molar-refractivity contribution in [3.63, 3.8) is 0 Å². The van der Waals surface area contributed by atoms with E-state index in [-0.39, 0.29) is 17.7 Å². The molecule has 2 amide bonds. The maximum absolute atomic E-state index is 13.0. The van der Waals surface area contributed by atoms with Crippen LogP contribution in [-0.2, 0) is 4.79 Å². The average molecular weight is 383 g/mol. The zero-order chi connectivity index (χ0) is 19.7. The summed E-state index contributed by atoms with van der Waals surface area (Å²) in [6, 6.07) is 7.78. The van der Waals surface area contributed by atoms with E-state index in [1.165, 1.54) is 0 Å². The summed E-state index contributed by atoms with van der Waals surface area (Å²) in [5.41, 5.74) is 1.78. The average Bonchev–Trinajstić information content (AvgIpc) is 3.46. The molecule has 1 atom stereocenters. The van der Waals surface area contributed by atoms with Crippen molar-refractivity contribution < 1.29 is 14.3 Å². The number of rotatable bonds is 5. The summed E-state index contributed by atoms with van der Waals surface area (Å²) in [6.07, 6.45) is 3.76. The molecule has 1 saturated carbocycles. The van der Waals surface area contributed by atoms with Gasteiger partial charge in [0.25, 0.3) is 5.91 Å². The number of piperidine rings is 1. The lowest BCUT2D eigenvalue weighted by molar-refractivity contribution is -0.126. The third-order valence-corrected chi connectivity index (χ3v) is 5.40. The van der Waals surface area contributed by atoms with Crippen molar-refractivity contribution in [1.82, 2.24) is 25.2 Å². The molecular weight excluding hydrogens is 358 g/mol. The lowest BCUT2D eigenvalue weighted by Gasteiger charge is -2.31. The summed E-state index contributed by atoms with van der Waals surface area (Å²) in [7, 11) is 1.61. The van der Waals surface area contributed by atoms with Crippen LogP contribution in [-0.4, -0.2) is 57.9 Å². The lowest BCUT2D eigenvalue weighted by Crippen LogP contribution is -2.46. The predicted octanol–water partition coefficient (Wildman–Crippen LogP) is 1.72. The summed E-state index contributed by atoms with van der Waals surface area (Å²) < 4.78 is 6.89. The molecule has 1 aromatic heterocycles. The number of benzene rings is 1. The predicted molar refractivity (Wildman–Crippen MR) is 102 cm³/mol. The fraction of sp³-hybridized carbons (Fsp3) is 0.500. The fourth-order valence-electron chi connectivity index (χ4n) is 3.59. The Morgan fingerprint density at radius 3 is 2.82 bits per heavy atom. The van der Waals surface area contributed by atoms with Crippen molar-refractivity contribution in [2.24, 2.45) is 5.92 Å². The highest BCUT2D eigenvalue weighted by molar-refractivity contribution is 5.94. The van der Waals surface area contributed by atoms with Crippen molar-refractivity contribution in [3.05, 3.63) is 35.7 Å². The first-order valence-electron chi connectivity index (χ1n) is 9.73. The largest absolute Gasteiger partial charge is 0.497 e. The van der Waals surface area contributed by atoms with E-state index < -0.39 is 0 Å². The molecule has 28 heavy (non-hydrogen) atoms. The number of likely N-dealkylation sites (tertiary alicyclic amines) is 1. The zero-order valence-corrected chi connectivity index (χ0v) is 16.2. The molecule has 1 aliphatic heterocycles. The molecule has 148 valence electrons. The smallest absolute Gasteiger partial charge is 0.276 e. The van der Waals surface area contributed by atoms with Gasteiger partial charge in [-0.3, -0.25) is 9.59 Å². The highest BCUT2D eigenvalue weighted by Crippen LogP contribution is 2.24. The van der Waals surface area contributed by atoms with Crippen LogP contribution in [0.25, 0.3) is 5.69 Å². The zero-order valence-electron chi connectivity index (χ0n) is 16.2. The SMILES string of the molecule is COc1cccc(-n2nnc(C(=O)N3CCCC(C(=O)NC4CC4)C3)c2C)c1. The van der Waals surface area contributed by atoms with Crippen LogP contribution in [0.15, 0.2) is 24.3 Å². The highest BCUT2D eigenvalue weighted by atomic mass is 16.5. The van der Waals surface area contributed by atoms with Crippen molar-refractivity contribution in [3.8, 4) is 11.4 Å². The molecule has 0 radical (unpaired) electrons. The van der Waals surface area contributed by atoms with Gasteiger partial charge >= 0.3 is 0 Å². The quantitative estimate of drug-likeness (QED) is 0.849. The Hall–Kier alpha value is -2.90. The topological polar surface area (TPSA) is 89.3 Å². The van der Waals surface area contributed by atoms with Gasteiger partial charge in [-0.05, 0) is 44.7 Å². The van der Waals surface area contributed by atoms with Crippen LogP contribution < -0.4 is 10.1 Å². The molecule has 1 aliphatic carbocycles. The first-order valence-corrected chi connectivity index (χ1v) is 9.73. The van der Waals surface area contributed by atoms with Crippen LogP contribution in [0.4, 0.5) is 0 Å². The molecule has 2 aliphatic rings. The molecule has 1 unspecified atom stereocenters. The molecule has 2 heterocycles. The van der Waals surface area contributed by atoms with Gasteiger partial charge in [0.05, 0.1) is 24.4 Å². The summed E-state index contributed by atoms with van der Waals surface area (Å²) >= 11 is 0. The molecule has 8 heteroatoms. The van der Waals surface area contributed by atoms with Crippen LogP contribution in [0.3, 0.4) is 0 Å². The van der Waals surface area contributed by atoms with Gasteiger partial charge in [-0.2, -0.15) is 0 Å². The Morgan fingerprint density at radius 1 is 1.25 bits per heavy atom. The van der Waals surface area contributed by atoms with E-state index in [0.717, 1.165) is 31.4 Å². The van der Waals surface area contributed by atoms with Crippen molar-refractivity contribution in [2.75, 3.05) is 20.2 Å². The minimum absolute atomic E-state index is 0.0664. The van der Waals surface area contributed by atoms with Gasteiger partial charge in [0.15, 0.2) is 5.69 Å². The second kappa shape index (κ2) is 7.61. The molecule has 2 fully saturated rings. The number of carbonyl (C=O) groups is 2. The first kappa shape index (κ1) is 18.5. The summed E-state index contributed by atoms with van der Waals surface area (Å²) in [5.74, 6) is 0.459. The third kappa shape index (κ3) is 3.72. The number of aromatic nitrogens is 3. The van der Waals surface area contributed by atoms with Gasteiger partial charge in [-0.1, -0.05) is 11.3 Å². The maximum Gasteiger partial charge on any atom is 0.276 e. The van der Waals surface area contributed by atoms with E-state index >= 15 is 0 Å². The first-order chi connectivity index (χ1) is 13.6. The Morgan fingerprint density at radius 2 is 2.07 bits per heavy atom. The number of amides is 2. The molecule has 2 aromatic rings. The number of carbonyl (C=O) groups excluding carboxylic acids is 2. The number of hydrogen-bond donors (Lipinski definition) is 1. The Balaban J connectivity index is 1.50. The van der Waals surface area contributed by atoms with Gasteiger partial charge in [0.1, 0.15) is 5.75 Å². The Kier molecular flexibility index (Phi) is 5.02. The van der Waals surface area contributed by atoms with Crippen molar-refractivity contribution in [2.45, 2.75) is 38.6 Å². The van der Waals surface area contributed by atoms with Crippen LogP contribution in [0, 0.1) is 12.8 Å². The van der Waals surface area contributed by atoms with Gasteiger partial charge in [-0.15, -0.1) is 5.10 Å². The molecule has 4 rings (SSSR count). The van der Waals surface area contributed by atoms with Gasteiger partial charge in [-0.25, -0.2) is 4.68 Å². The molecular formula is C20H25N5O3. The van der Waals surface area contributed by atoms with E-state index in [0.29, 0.717) is 36.3 Å². The Labute approximate surface area is 163 Å². The second-order valence-electron chi connectivity index (χ2n) is 7.51. The molecule has 1 saturated heterocycles. The molecule has 0 bridgehead atoms. The number of ether oxygens (including phenoxy) is 1. The van der Waals surface area contributed by atoms with Crippen molar-refractivity contribution in [1.29, 1.82) is 0 Å². The van der Waals surface area contributed by atoms with Crippen LogP contribution >= 0.6 is 0 Å². The number of nitrogens with zero attached hydrogens (tertiary/aromatic N) is 4. The standard InChI is InChI=1S/C20H25N5O3/c1-13-18(22-23-25(13)16-6-3-7-17(11-16)28-2)20(27)24-10-4-5-14(12-24)19(26)21-15-8-9-15/h3,6-7,11,14-15H,4-5,8-10,12H2,1-2H3,(H,21,26). The fourth-order valence-corrected chi connectivity index (χ4v) is 3.59. The number of nitrogens with one attached hydrogen (secondary N) is 1. The lowest BCUT2D eigenvalue weighted by atomic mass is 9.96. The number of methoxy groups -OCH3 is 1. The highest BCUT2D eigenvalue weighted by Gasteiger charge is 2.33. The van der Waals surface area contributed by atoms with E-state index in [1.807, 2.05) is 31.2 Å². The van der Waals surface area contributed by atoms with E-state index in [4.69, 9.17) is 4.74 Å². The van der Waals surface area contributed by atoms with Gasteiger partial charge in [0, 0.05) is 25.2 Å². The minimum Gasteiger partial charge on any atom is -0.497 e. The summed E-state index contributed by atoms with van der Waals surface area (Å²) in [4.78, 5) is 27.2.